The second-order valence-corrected chi connectivity index (χ2v) is 7.63. The number of nitrogens with one attached hydrogen (secondary N) is 1. The van der Waals surface area contributed by atoms with Crippen molar-refractivity contribution in [2.75, 3.05) is 5.32 Å². The largest absolute Gasteiger partial charge is 0.477 e. The third-order valence-electron chi connectivity index (χ3n) is 4.71. The summed E-state index contributed by atoms with van der Waals surface area (Å²) in [6, 6.07) is 13.5. The topological polar surface area (TPSA) is 66.4 Å². The first-order chi connectivity index (χ1) is 12.9. The number of carbonyl (C=O) groups excluding carboxylic acids is 1. The summed E-state index contributed by atoms with van der Waals surface area (Å²) in [6.45, 7) is 1.96. The quantitative estimate of drug-likeness (QED) is 0.668. The standard InChI is InChI=1S/C21H16FNO3S/c1-11-2-4-13(5-3-11)17-18-19(27-20(17)21(25)26)15(10-16(24)23-18)12-6-8-14(22)9-7-12/h2-9,15H,10H2,1H3,(H,23,24)(H,25,26)/t15-/m0/s1. The van der Waals surface area contributed by atoms with Gasteiger partial charge in [0.15, 0.2) is 0 Å². The Hall–Kier alpha value is -2.99. The van der Waals surface area contributed by atoms with Crippen molar-refractivity contribution < 1.29 is 19.1 Å². The number of fused-ring (bicyclic) bond motifs is 1. The molecule has 0 spiro atoms. The maximum absolute atomic E-state index is 13.3. The molecule has 3 aromatic rings. The fourth-order valence-electron chi connectivity index (χ4n) is 3.40. The number of aryl methyl sites for hydroxylation is 1. The highest BCUT2D eigenvalue weighted by Crippen LogP contribution is 2.49. The SMILES string of the molecule is Cc1ccc(-c2c(C(=O)O)sc3c2NC(=O)C[C@H]3c2ccc(F)cc2)cc1. The molecule has 0 saturated heterocycles. The lowest BCUT2D eigenvalue weighted by molar-refractivity contribution is -0.116. The van der Waals surface area contributed by atoms with Gasteiger partial charge in [-0.3, -0.25) is 4.79 Å². The van der Waals surface area contributed by atoms with E-state index in [0.717, 1.165) is 21.6 Å². The molecule has 1 aliphatic heterocycles. The van der Waals surface area contributed by atoms with Crippen LogP contribution in [0.15, 0.2) is 48.5 Å². The van der Waals surface area contributed by atoms with E-state index in [1.165, 1.54) is 23.5 Å². The minimum atomic E-state index is -1.03. The van der Waals surface area contributed by atoms with Gasteiger partial charge < -0.3 is 10.4 Å². The summed E-state index contributed by atoms with van der Waals surface area (Å²) in [5.74, 6) is -1.86. The first-order valence-corrected chi connectivity index (χ1v) is 9.28. The highest BCUT2D eigenvalue weighted by atomic mass is 32.1. The number of benzene rings is 2. The van der Waals surface area contributed by atoms with E-state index in [1.807, 2.05) is 31.2 Å². The minimum Gasteiger partial charge on any atom is -0.477 e. The van der Waals surface area contributed by atoms with Crippen LogP contribution in [-0.2, 0) is 4.79 Å². The van der Waals surface area contributed by atoms with Crippen LogP contribution in [0.3, 0.4) is 0 Å². The van der Waals surface area contributed by atoms with Crippen molar-refractivity contribution in [3.63, 3.8) is 0 Å². The first-order valence-electron chi connectivity index (χ1n) is 8.46. The molecule has 4 rings (SSSR count). The lowest BCUT2D eigenvalue weighted by Gasteiger charge is -2.24. The van der Waals surface area contributed by atoms with Crippen LogP contribution in [0.25, 0.3) is 11.1 Å². The summed E-state index contributed by atoms with van der Waals surface area (Å²) >= 11 is 1.17. The lowest BCUT2D eigenvalue weighted by Crippen LogP contribution is -2.22. The third-order valence-corrected chi connectivity index (χ3v) is 6.00. The normalized spacial score (nSPS) is 15.9. The van der Waals surface area contributed by atoms with E-state index in [4.69, 9.17) is 0 Å². The predicted octanol–water partition coefficient (Wildman–Crippen LogP) is 5.03. The Balaban J connectivity index is 1.92. The van der Waals surface area contributed by atoms with Crippen LogP contribution in [0.4, 0.5) is 10.1 Å². The van der Waals surface area contributed by atoms with Crippen LogP contribution in [0.1, 0.15) is 38.0 Å². The Morgan fingerprint density at radius 3 is 2.44 bits per heavy atom. The fourth-order valence-corrected chi connectivity index (χ4v) is 4.64. The summed E-state index contributed by atoms with van der Waals surface area (Å²) in [5, 5.41) is 12.6. The van der Waals surface area contributed by atoms with Gasteiger partial charge in [-0.2, -0.15) is 0 Å². The molecule has 1 aliphatic rings. The van der Waals surface area contributed by atoms with E-state index in [1.54, 1.807) is 12.1 Å². The van der Waals surface area contributed by atoms with Crippen molar-refractivity contribution >= 4 is 28.9 Å². The molecule has 0 unspecified atom stereocenters. The summed E-state index contributed by atoms with van der Waals surface area (Å²) in [5.41, 5.74) is 3.68. The lowest BCUT2D eigenvalue weighted by atomic mass is 9.88. The maximum atomic E-state index is 13.3. The molecule has 27 heavy (non-hydrogen) atoms. The van der Waals surface area contributed by atoms with Crippen molar-refractivity contribution in [3.05, 3.63) is 75.2 Å². The zero-order valence-corrected chi connectivity index (χ0v) is 15.3. The number of hydrogen-bond acceptors (Lipinski definition) is 3. The smallest absolute Gasteiger partial charge is 0.346 e. The van der Waals surface area contributed by atoms with Gasteiger partial charge in [0.2, 0.25) is 5.91 Å². The number of amides is 1. The van der Waals surface area contributed by atoms with Gasteiger partial charge in [-0.15, -0.1) is 11.3 Å². The Morgan fingerprint density at radius 1 is 1.15 bits per heavy atom. The van der Waals surface area contributed by atoms with Gasteiger partial charge >= 0.3 is 5.97 Å². The Bertz CT molecular complexity index is 1040. The second kappa shape index (κ2) is 6.63. The van der Waals surface area contributed by atoms with Crippen LogP contribution >= 0.6 is 11.3 Å². The minimum absolute atomic E-state index is 0.181. The van der Waals surface area contributed by atoms with Crippen LogP contribution in [-0.4, -0.2) is 17.0 Å². The molecule has 1 aromatic heterocycles. The number of halogens is 1. The number of anilines is 1. The maximum Gasteiger partial charge on any atom is 0.346 e. The Morgan fingerprint density at radius 2 is 1.81 bits per heavy atom. The van der Waals surface area contributed by atoms with Gasteiger partial charge in [0.05, 0.1) is 5.69 Å². The van der Waals surface area contributed by atoms with Crippen LogP contribution in [0, 0.1) is 12.7 Å². The molecule has 136 valence electrons. The number of carboxylic acids is 1. The highest BCUT2D eigenvalue weighted by molar-refractivity contribution is 7.15. The van der Waals surface area contributed by atoms with Gasteiger partial charge in [-0.25, -0.2) is 9.18 Å². The average molecular weight is 381 g/mol. The molecule has 2 N–H and O–H groups in total. The summed E-state index contributed by atoms with van der Waals surface area (Å²) in [7, 11) is 0. The zero-order valence-electron chi connectivity index (χ0n) is 14.5. The number of aromatic carboxylic acids is 1. The first kappa shape index (κ1) is 17.4. The molecule has 0 radical (unpaired) electrons. The number of rotatable bonds is 3. The second-order valence-electron chi connectivity index (χ2n) is 6.57. The van der Waals surface area contributed by atoms with E-state index in [9.17, 15) is 19.1 Å². The van der Waals surface area contributed by atoms with E-state index < -0.39 is 5.97 Å². The van der Waals surface area contributed by atoms with Crippen LogP contribution in [0.2, 0.25) is 0 Å². The van der Waals surface area contributed by atoms with Gasteiger partial charge in [0.25, 0.3) is 0 Å². The van der Waals surface area contributed by atoms with Gasteiger partial charge in [-0.05, 0) is 30.2 Å². The third kappa shape index (κ3) is 3.13. The van der Waals surface area contributed by atoms with E-state index in [2.05, 4.69) is 5.32 Å². The molecule has 0 aliphatic carbocycles. The molecular formula is C21H16FNO3S. The predicted molar refractivity (Wildman–Crippen MR) is 103 cm³/mol. The number of carboxylic acid groups (broad SMARTS) is 1. The Labute approximate surface area is 159 Å². The van der Waals surface area contributed by atoms with Crippen molar-refractivity contribution in [2.24, 2.45) is 0 Å². The molecular weight excluding hydrogens is 365 g/mol. The zero-order chi connectivity index (χ0) is 19.1. The Kier molecular flexibility index (Phi) is 4.28. The average Bonchev–Trinajstić information content (AvgIpc) is 3.02. The molecule has 1 atom stereocenters. The molecule has 0 saturated carbocycles. The molecule has 4 nitrogen and oxygen atoms in total. The van der Waals surface area contributed by atoms with Crippen molar-refractivity contribution in [2.45, 2.75) is 19.3 Å². The van der Waals surface area contributed by atoms with Crippen LogP contribution in [0.5, 0.6) is 0 Å². The van der Waals surface area contributed by atoms with Gasteiger partial charge in [0.1, 0.15) is 10.7 Å². The highest BCUT2D eigenvalue weighted by Gasteiger charge is 2.34. The number of thiophene rings is 1. The van der Waals surface area contributed by atoms with Crippen molar-refractivity contribution in [3.8, 4) is 11.1 Å². The summed E-state index contributed by atoms with van der Waals surface area (Å²) in [4.78, 5) is 25.2. The van der Waals surface area contributed by atoms with E-state index in [0.29, 0.717) is 11.3 Å². The molecule has 0 bridgehead atoms. The van der Waals surface area contributed by atoms with Gasteiger partial charge in [0, 0.05) is 22.8 Å². The van der Waals surface area contributed by atoms with E-state index in [-0.39, 0.29) is 28.9 Å². The number of hydrogen-bond donors (Lipinski definition) is 2. The fraction of sp³-hybridized carbons (Fsp3) is 0.143. The van der Waals surface area contributed by atoms with Crippen molar-refractivity contribution in [1.29, 1.82) is 0 Å². The van der Waals surface area contributed by atoms with Crippen molar-refractivity contribution in [1.82, 2.24) is 0 Å². The van der Waals surface area contributed by atoms with Crippen LogP contribution < -0.4 is 5.32 Å². The molecule has 1 amide bonds. The summed E-state index contributed by atoms with van der Waals surface area (Å²) in [6.07, 6.45) is 0.200. The molecule has 0 fully saturated rings. The number of carbonyl (C=O) groups is 2. The summed E-state index contributed by atoms with van der Waals surface area (Å²) < 4.78 is 13.3. The molecule has 2 heterocycles. The van der Waals surface area contributed by atoms with Gasteiger partial charge in [-0.1, -0.05) is 42.0 Å². The molecule has 2 aromatic carbocycles. The monoisotopic (exact) mass is 381 g/mol. The molecule has 6 heteroatoms. The van der Waals surface area contributed by atoms with E-state index >= 15 is 0 Å².